The third-order valence-corrected chi connectivity index (χ3v) is 4.82. The third-order valence-electron chi connectivity index (χ3n) is 3.89. The first-order valence-electron chi connectivity index (χ1n) is 8.28. The van der Waals surface area contributed by atoms with Crippen LogP contribution in [-0.4, -0.2) is 21.4 Å². The van der Waals surface area contributed by atoms with E-state index in [4.69, 9.17) is 4.42 Å². The molecule has 1 aromatic heterocycles. The lowest BCUT2D eigenvalue weighted by Crippen LogP contribution is -2.22. The Morgan fingerprint density at radius 1 is 1.14 bits per heavy atom. The quantitative estimate of drug-likeness (QED) is 0.590. The van der Waals surface area contributed by atoms with E-state index in [1.807, 2.05) is 31.2 Å². The first-order chi connectivity index (χ1) is 13.2. The van der Waals surface area contributed by atoms with Gasteiger partial charge in [0.1, 0.15) is 0 Å². The number of anilines is 1. The summed E-state index contributed by atoms with van der Waals surface area (Å²) in [4.78, 5) is 12.3. The van der Waals surface area contributed by atoms with Gasteiger partial charge in [0.05, 0.1) is 10.8 Å². The van der Waals surface area contributed by atoms with Gasteiger partial charge in [-0.1, -0.05) is 36.0 Å². The van der Waals surface area contributed by atoms with Gasteiger partial charge < -0.3 is 9.73 Å². The molecule has 146 valence electrons. The summed E-state index contributed by atoms with van der Waals surface area (Å²) in [5.41, 5.74) is 1.00. The van der Waals surface area contributed by atoms with Crippen LogP contribution in [0.5, 0.6) is 0 Å². The van der Waals surface area contributed by atoms with Crippen molar-refractivity contribution in [2.45, 2.75) is 30.5 Å². The molecule has 0 aliphatic rings. The van der Waals surface area contributed by atoms with Crippen molar-refractivity contribution in [3.05, 3.63) is 59.7 Å². The van der Waals surface area contributed by atoms with Gasteiger partial charge >= 0.3 is 6.18 Å². The van der Waals surface area contributed by atoms with Crippen molar-refractivity contribution in [3.8, 4) is 11.5 Å². The first-order valence-corrected chi connectivity index (χ1v) is 9.16. The third kappa shape index (κ3) is 4.72. The molecule has 28 heavy (non-hydrogen) atoms. The Morgan fingerprint density at radius 3 is 2.61 bits per heavy atom. The SMILES string of the molecule is Cc1ccccc1-c1nnc(S[C@@H](C)C(=O)Nc2cccc(C(F)(F)F)c2)o1. The van der Waals surface area contributed by atoms with E-state index in [2.05, 4.69) is 15.5 Å². The summed E-state index contributed by atoms with van der Waals surface area (Å²) in [6.07, 6.45) is -4.48. The number of rotatable bonds is 5. The molecule has 1 heterocycles. The highest BCUT2D eigenvalue weighted by molar-refractivity contribution is 8.00. The molecule has 0 radical (unpaired) electrons. The summed E-state index contributed by atoms with van der Waals surface area (Å²) < 4.78 is 43.9. The fourth-order valence-corrected chi connectivity index (χ4v) is 3.08. The number of aromatic nitrogens is 2. The van der Waals surface area contributed by atoms with Gasteiger partial charge in [-0.05, 0) is 43.7 Å². The van der Waals surface area contributed by atoms with Gasteiger partial charge in [-0.15, -0.1) is 10.2 Å². The minimum Gasteiger partial charge on any atom is -0.411 e. The summed E-state index contributed by atoms with van der Waals surface area (Å²) in [6, 6.07) is 12.0. The number of carbonyl (C=O) groups is 1. The van der Waals surface area contributed by atoms with Crippen LogP contribution >= 0.6 is 11.8 Å². The molecule has 0 aliphatic carbocycles. The Labute approximate surface area is 163 Å². The standard InChI is InChI=1S/C19H16F3N3O2S/c1-11-6-3-4-9-15(11)17-24-25-18(27-17)28-12(2)16(26)23-14-8-5-7-13(10-14)19(20,21)22/h3-10,12H,1-2H3,(H,23,26)/t12-/m0/s1. The molecule has 3 aromatic rings. The van der Waals surface area contributed by atoms with Gasteiger partial charge in [0.2, 0.25) is 11.8 Å². The Morgan fingerprint density at radius 2 is 1.89 bits per heavy atom. The Hall–Kier alpha value is -2.81. The maximum Gasteiger partial charge on any atom is 0.416 e. The fraction of sp³-hybridized carbons (Fsp3) is 0.211. The van der Waals surface area contributed by atoms with E-state index in [1.54, 1.807) is 6.92 Å². The second-order valence-electron chi connectivity index (χ2n) is 6.02. The van der Waals surface area contributed by atoms with E-state index in [1.165, 1.54) is 12.1 Å². The maximum absolute atomic E-state index is 12.8. The number of halogens is 3. The van der Waals surface area contributed by atoms with Gasteiger partial charge in [0.25, 0.3) is 5.22 Å². The highest BCUT2D eigenvalue weighted by atomic mass is 32.2. The summed E-state index contributed by atoms with van der Waals surface area (Å²) in [5, 5.41) is 9.93. The number of nitrogens with zero attached hydrogens (tertiary/aromatic N) is 2. The van der Waals surface area contributed by atoms with Crippen molar-refractivity contribution in [1.82, 2.24) is 10.2 Å². The molecule has 1 N–H and O–H groups in total. The Kier molecular flexibility index (Phi) is 5.73. The molecule has 0 unspecified atom stereocenters. The van der Waals surface area contributed by atoms with Crippen molar-refractivity contribution in [3.63, 3.8) is 0 Å². The highest BCUT2D eigenvalue weighted by Gasteiger charge is 2.30. The normalized spacial score (nSPS) is 12.6. The van der Waals surface area contributed by atoms with Crippen molar-refractivity contribution >= 4 is 23.4 Å². The highest BCUT2D eigenvalue weighted by Crippen LogP contribution is 2.31. The average molecular weight is 407 g/mol. The smallest absolute Gasteiger partial charge is 0.411 e. The molecule has 5 nitrogen and oxygen atoms in total. The lowest BCUT2D eigenvalue weighted by atomic mass is 10.1. The number of amides is 1. The summed E-state index contributed by atoms with van der Waals surface area (Å²) >= 11 is 1.03. The summed E-state index contributed by atoms with van der Waals surface area (Å²) in [7, 11) is 0. The average Bonchev–Trinajstić information content (AvgIpc) is 3.09. The molecular formula is C19H16F3N3O2S. The van der Waals surface area contributed by atoms with E-state index in [0.29, 0.717) is 5.89 Å². The predicted octanol–water partition coefficient (Wildman–Crippen LogP) is 5.18. The first kappa shape index (κ1) is 19.9. The van der Waals surface area contributed by atoms with E-state index in [0.717, 1.165) is 35.0 Å². The molecule has 0 spiro atoms. The molecule has 0 bridgehead atoms. The minimum absolute atomic E-state index is 0.0680. The van der Waals surface area contributed by atoms with Crippen molar-refractivity contribution in [1.29, 1.82) is 0 Å². The number of nitrogens with one attached hydrogen (secondary N) is 1. The van der Waals surface area contributed by atoms with Crippen molar-refractivity contribution < 1.29 is 22.4 Å². The van der Waals surface area contributed by atoms with Crippen molar-refractivity contribution in [2.75, 3.05) is 5.32 Å². The molecule has 0 aliphatic heterocycles. The van der Waals surface area contributed by atoms with Crippen LogP contribution in [0.15, 0.2) is 58.2 Å². The zero-order valence-electron chi connectivity index (χ0n) is 14.9. The van der Waals surface area contributed by atoms with Crippen LogP contribution in [-0.2, 0) is 11.0 Å². The summed E-state index contributed by atoms with van der Waals surface area (Å²) in [5.74, 6) is -0.133. The molecule has 1 atom stereocenters. The fourth-order valence-electron chi connectivity index (χ4n) is 2.40. The number of hydrogen-bond acceptors (Lipinski definition) is 5. The van der Waals surface area contributed by atoms with E-state index in [-0.39, 0.29) is 10.9 Å². The maximum atomic E-state index is 12.8. The van der Waals surface area contributed by atoms with Gasteiger partial charge in [-0.25, -0.2) is 0 Å². The minimum atomic E-state index is -4.48. The molecule has 1 amide bonds. The van der Waals surface area contributed by atoms with Crippen LogP contribution in [0.1, 0.15) is 18.1 Å². The molecule has 3 rings (SSSR count). The van der Waals surface area contributed by atoms with E-state index < -0.39 is 22.9 Å². The zero-order valence-corrected chi connectivity index (χ0v) is 15.8. The second kappa shape index (κ2) is 8.05. The predicted molar refractivity (Wildman–Crippen MR) is 99.9 cm³/mol. The molecule has 0 fully saturated rings. The lowest BCUT2D eigenvalue weighted by molar-refractivity contribution is -0.137. The summed E-state index contributed by atoms with van der Waals surface area (Å²) in [6.45, 7) is 3.52. The number of carbonyl (C=O) groups excluding carboxylic acids is 1. The Bertz CT molecular complexity index is 988. The Balaban J connectivity index is 1.66. The van der Waals surface area contributed by atoms with Crippen LogP contribution in [0.4, 0.5) is 18.9 Å². The van der Waals surface area contributed by atoms with Crippen LogP contribution in [0.3, 0.4) is 0 Å². The van der Waals surface area contributed by atoms with Crippen LogP contribution in [0, 0.1) is 6.92 Å². The molecule has 2 aromatic carbocycles. The number of benzene rings is 2. The lowest BCUT2D eigenvalue weighted by Gasteiger charge is -2.12. The van der Waals surface area contributed by atoms with Gasteiger partial charge in [-0.2, -0.15) is 13.2 Å². The zero-order chi connectivity index (χ0) is 20.3. The topological polar surface area (TPSA) is 68.0 Å². The number of hydrogen-bond donors (Lipinski definition) is 1. The van der Waals surface area contributed by atoms with Crippen LogP contribution < -0.4 is 5.32 Å². The van der Waals surface area contributed by atoms with Crippen molar-refractivity contribution in [2.24, 2.45) is 0 Å². The molecule has 0 saturated carbocycles. The van der Waals surface area contributed by atoms with E-state index >= 15 is 0 Å². The van der Waals surface area contributed by atoms with Crippen LogP contribution in [0.25, 0.3) is 11.5 Å². The molecular weight excluding hydrogens is 391 g/mol. The van der Waals surface area contributed by atoms with Crippen LogP contribution in [0.2, 0.25) is 0 Å². The number of aryl methyl sites for hydroxylation is 1. The van der Waals surface area contributed by atoms with Gasteiger partial charge in [0, 0.05) is 11.3 Å². The molecule has 9 heteroatoms. The number of alkyl halides is 3. The van der Waals surface area contributed by atoms with Gasteiger partial charge in [0.15, 0.2) is 0 Å². The second-order valence-corrected chi connectivity index (χ2v) is 7.31. The molecule has 0 saturated heterocycles. The van der Waals surface area contributed by atoms with Gasteiger partial charge in [-0.3, -0.25) is 4.79 Å². The monoisotopic (exact) mass is 407 g/mol. The number of thioether (sulfide) groups is 1. The largest absolute Gasteiger partial charge is 0.416 e. The van der Waals surface area contributed by atoms with E-state index in [9.17, 15) is 18.0 Å².